The van der Waals surface area contributed by atoms with Crippen LogP contribution in [0, 0.1) is 0 Å². The fourth-order valence-corrected chi connectivity index (χ4v) is 2.23. The number of amides is 1. The zero-order chi connectivity index (χ0) is 14.8. The minimum atomic E-state index is -4.43. The molecule has 0 aromatic heterocycles. The van der Waals surface area contributed by atoms with Gasteiger partial charge in [-0.05, 0) is 38.0 Å². The second-order valence-electron chi connectivity index (χ2n) is 5.14. The Kier molecular flexibility index (Phi) is 4.32. The summed E-state index contributed by atoms with van der Waals surface area (Å²) in [5.74, 6) is -0.461. The number of alkyl halides is 3. The number of hydrogen-bond donors (Lipinski definition) is 2. The molecule has 110 valence electrons. The first-order chi connectivity index (χ1) is 9.36. The van der Waals surface area contributed by atoms with Crippen molar-refractivity contribution in [3.8, 4) is 0 Å². The van der Waals surface area contributed by atoms with Gasteiger partial charge in [0.1, 0.15) is 0 Å². The van der Waals surface area contributed by atoms with E-state index in [2.05, 4.69) is 17.6 Å². The van der Waals surface area contributed by atoms with E-state index in [4.69, 9.17) is 0 Å². The lowest BCUT2D eigenvalue weighted by molar-refractivity contribution is -0.137. The third-order valence-corrected chi connectivity index (χ3v) is 3.45. The maximum absolute atomic E-state index is 12.6. The minimum absolute atomic E-state index is 0.0340. The van der Waals surface area contributed by atoms with Gasteiger partial charge in [0.2, 0.25) is 0 Å². The van der Waals surface area contributed by atoms with E-state index in [1.807, 2.05) is 0 Å². The molecule has 2 atom stereocenters. The van der Waals surface area contributed by atoms with Crippen LogP contribution in [-0.4, -0.2) is 24.5 Å². The van der Waals surface area contributed by atoms with Crippen molar-refractivity contribution in [2.24, 2.45) is 0 Å². The van der Waals surface area contributed by atoms with E-state index in [0.29, 0.717) is 12.6 Å². The van der Waals surface area contributed by atoms with Crippen LogP contribution in [-0.2, 0) is 6.18 Å². The molecule has 2 N–H and O–H groups in total. The number of piperidine rings is 1. The van der Waals surface area contributed by atoms with Crippen LogP contribution >= 0.6 is 0 Å². The summed E-state index contributed by atoms with van der Waals surface area (Å²) >= 11 is 0. The maximum Gasteiger partial charge on any atom is 0.416 e. The molecule has 1 heterocycles. The largest absolute Gasteiger partial charge is 0.416 e. The van der Waals surface area contributed by atoms with Crippen LogP contribution < -0.4 is 10.6 Å². The molecule has 3 nitrogen and oxygen atoms in total. The van der Waals surface area contributed by atoms with Crippen LogP contribution in [0.3, 0.4) is 0 Å². The number of carbonyl (C=O) groups excluding carboxylic acids is 1. The molecule has 2 unspecified atom stereocenters. The third-order valence-electron chi connectivity index (χ3n) is 3.45. The van der Waals surface area contributed by atoms with Gasteiger partial charge in [-0.2, -0.15) is 13.2 Å². The number of rotatable bonds is 2. The van der Waals surface area contributed by atoms with Crippen molar-refractivity contribution < 1.29 is 18.0 Å². The number of benzene rings is 1. The van der Waals surface area contributed by atoms with Gasteiger partial charge in [-0.1, -0.05) is 6.07 Å². The Balaban J connectivity index is 2.02. The topological polar surface area (TPSA) is 41.1 Å². The lowest BCUT2D eigenvalue weighted by Gasteiger charge is -2.28. The molecule has 1 aromatic carbocycles. The maximum atomic E-state index is 12.6. The molecular formula is C14H17F3N2O. The Labute approximate surface area is 115 Å². The molecule has 2 rings (SSSR count). The molecule has 1 saturated heterocycles. The highest BCUT2D eigenvalue weighted by Gasteiger charge is 2.31. The Hall–Kier alpha value is -1.56. The molecule has 1 amide bonds. The number of nitrogens with one attached hydrogen (secondary N) is 2. The zero-order valence-corrected chi connectivity index (χ0v) is 11.1. The van der Waals surface area contributed by atoms with E-state index in [9.17, 15) is 18.0 Å². The van der Waals surface area contributed by atoms with Crippen molar-refractivity contribution in [2.45, 2.75) is 38.0 Å². The normalized spacial score (nSPS) is 23.4. The smallest absolute Gasteiger partial charge is 0.348 e. The summed E-state index contributed by atoms with van der Waals surface area (Å²) < 4.78 is 37.8. The molecule has 1 fully saturated rings. The fourth-order valence-electron chi connectivity index (χ4n) is 2.23. The van der Waals surface area contributed by atoms with Gasteiger partial charge in [0.05, 0.1) is 5.56 Å². The first kappa shape index (κ1) is 14.8. The average Bonchev–Trinajstić information content (AvgIpc) is 2.40. The second-order valence-corrected chi connectivity index (χ2v) is 5.14. The van der Waals surface area contributed by atoms with Crippen LogP contribution in [0.1, 0.15) is 35.7 Å². The van der Waals surface area contributed by atoms with Gasteiger partial charge in [-0.3, -0.25) is 4.79 Å². The molecule has 0 spiro atoms. The van der Waals surface area contributed by atoms with Crippen molar-refractivity contribution in [2.75, 3.05) is 6.54 Å². The standard InChI is InChI=1S/C14H17F3N2O/c1-9-5-6-12(8-18-9)19-13(20)10-3-2-4-11(7-10)14(15,16)17/h2-4,7,9,12,18H,5-6,8H2,1H3,(H,19,20). The van der Waals surface area contributed by atoms with Crippen LogP contribution in [0.15, 0.2) is 24.3 Å². The monoisotopic (exact) mass is 286 g/mol. The highest BCUT2D eigenvalue weighted by Crippen LogP contribution is 2.29. The molecule has 0 aliphatic carbocycles. The van der Waals surface area contributed by atoms with Crippen molar-refractivity contribution in [3.05, 3.63) is 35.4 Å². The summed E-state index contributed by atoms with van der Waals surface area (Å²) in [7, 11) is 0. The van der Waals surface area contributed by atoms with E-state index in [0.717, 1.165) is 25.0 Å². The summed E-state index contributed by atoms with van der Waals surface area (Å²) in [6, 6.07) is 4.86. The third kappa shape index (κ3) is 3.72. The van der Waals surface area contributed by atoms with Crippen molar-refractivity contribution in [3.63, 3.8) is 0 Å². The van der Waals surface area contributed by atoms with Gasteiger partial charge in [0.15, 0.2) is 0 Å². The zero-order valence-electron chi connectivity index (χ0n) is 11.1. The Morgan fingerprint density at radius 2 is 2.10 bits per heavy atom. The minimum Gasteiger partial charge on any atom is -0.348 e. The molecule has 6 heteroatoms. The van der Waals surface area contributed by atoms with Gasteiger partial charge in [-0.25, -0.2) is 0 Å². The van der Waals surface area contributed by atoms with E-state index in [1.54, 1.807) is 0 Å². The van der Waals surface area contributed by atoms with Gasteiger partial charge < -0.3 is 10.6 Å². The quantitative estimate of drug-likeness (QED) is 0.877. The number of hydrogen-bond acceptors (Lipinski definition) is 2. The number of carbonyl (C=O) groups is 1. The fraction of sp³-hybridized carbons (Fsp3) is 0.500. The Morgan fingerprint density at radius 1 is 1.35 bits per heavy atom. The lowest BCUT2D eigenvalue weighted by Crippen LogP contribution is -2.48. The Bertz CT molecular complexity index is 480. The van der Waals surface area contributed by atoms with Crippen LogP contribution in [0.4, 0.5) is 13.2 Å². The van der Waals surface area contributed by atoms with Crippen LogP contribution in [0.5, 0.6) is 0 Å². The average molecular weight is 286 g/mol. The van der Waals surface area contributed by atoms with Crippen molar-refractivity contribution >= 4 is 5.91 Å². The van der Waals surface area contributed by atoms with E-state index >= 15 is 0 Å². The van der Waals surface area contributed by atoms with E-state index < -0.39 is 17.6 Å². The predicted molar refractivity (Wildman–Crippen MR) is 69.4 cm³/mol. The van der Waals surface area contributed by atoms with E-state index in [-0.39, 0.29) is 11.6 Å². The molecule has 0 bridgehead atoms. The second kappa shape index (κ2) is 5.83. The summed E-state index contributed by atoms with van der Waals surface area (Å²) in [5.41, 5.74) is -0.765. The molecule has 1 aliphatic heterocycles. The number of halogens is 3. The van der Waals surface area contributed by atoms with E-state index in [1.165, 1.54) is 12.1 Å². The van der Waals surface area contributed by atoms with Gasteiger partial charge >= 0.3 is 6.18 Å². The summed E-state index contributed by atoms with van der Waals surface area (Å²) in [6.45, 7) is 2.71. The molecule has 1 aromatic rings. The molecular weight excluding hydrogens is 269 g/mol. The first-order valence-electron chi connectivity index (χ1n) is 6.58. The van der Waals surface area contributed by atoms with Crippen molar-refractivity contribution in [1.29, 1.82) is 0 Å². The lowest BCUT2D eigenvalue weighted by atomic mass is 10.0. The highest BCUT2D eigenvalue weighted by atomic mass is 19.4. The predicted octanol–water partition coefficient (Wildman–Crippen LogP) is 2.58. The molecule has 20 heavy (non-hydrogen) atoms. The molecule has 1 aliphatic rings. The SMILES string of the molecule is CC1CCC(NC(=O)c2cccc(C(F)(F)F)c2)CN1. The Morgan fingerprint density at radius 3 is 2.70 bits per heavy atom. The van der Waals surface area contributed by atoms with Gasteiger partial charge in [0.25, 0.3) is 5.91 Å². The van der Waals surface area contributed by atoms with Gasteiger partial charge in [0, 0.05) is 24.2 Å². The van der Waals surface area contributed by atoms with Gasteiger partial charge in [-0.15, -0.1) is 0 Å². The summed E-state index contributed by atoms with van der Waals surface area (Å²) in [6.07, 6.45) is -2.66. The molecule has 0 saturated carbocycles. The first-order valence-corrected chi connectivity index (χ1v) is 6.58. The van der Waals surface area contributed by atoms with Crippen molar-refractivity contribution in [1.82, 2.24) is 10.6 Å². The summed E-state index contributed by atoms with van der Waals surface area (Å²) in [4.78, 5) is 12.0. The van der Waals surface area contributed by atoms with Crippen LogP contribution in [0.25, 0.3) is 0 Å². The highest BCUT2D eigenvalue weighted by molar-refractivity contribution is 5.94. The summed E-state index contributed by atoms with van der Waals surface area (Å²) in [5, 5.41) is 6.00. The molecule has 0 radical (unpaired) electrons. The van der Waals surface area contributed by atoms with Crippen LogP contribution in [0.2, 0.25) is 0 Å².